The Hall–Kier alpha value is -2.19. The minimum Gasteiger partial charge on any atom is -0.493 e. The van der Waals surface area contributed by atoms with Gasteiger partial charge in [0.05, 0.1) is 36.0 Å². The number of aliphatic hydroxyl groups is 1. The molecule has 5 nitrogen and oxygen atoms in total. The lowest BCUT2D eigenvalue weighted by Gasteiger charge is -2.52. The van der Waals surface area contributed by atoms with Crippen molar-refractivity contribution in [3.8, 4) is 5.75 Å². The molecule has 2 bridgehead atoms. The number of benzene rings is 1. The average Bonchev–Trinajstić information content (AvgIpc) is 3.58. The van der Waals surface area contributed by atoms with Crippen molar-refractivity contribution in [2.24, 2.45) is 5.92 Å². The van der Waals surface area contributed by atoms with Gasteiger partial charge >= 0.3 is 5.97 Å². The van der Waals surface area contributed by atoms with Crippen LogP contribution < -0.4 is 4.74 Å². The predicted octanol–water partition coefficient (Wildman–Crippen LogP) is 5.12. The molecule has 3 aliphatic rings. The van der Waals surface area contributed by atoms with E-state index in [-0.39, 0.29) is 13.5 Å². The number of fused-ring (bicyclic) bond motifs is 3. The second-order valence-electron chi connectivity index (χ2n) is 9.16. The Morgan fingerprint density at radius 2 is 1.65 bits per heavy atom. The van der Waals surface area contributed by atoms with Crippen LogP contribution in [0.25, 0.3) is 0 Å². The van der Waals surface area contributed by atoms with Crippen LogP contribution in [-0.4, -0.2) is 54.4 Å². The number of quaternary nitrogens is 1. The van der Waals surface area contributed by atoms with Crippen molar-refractivity contribution in [2.75, 3.05) is 32.8 Å². The topological polar surface area (TPSA) is 55.8 Å². The highest BCUT2D eigenvalue weighted by Gasteiger charge is 2.51. The van der Waals surface area contributed by atoms with Gasteiger partial charge in [0.1, 0.15) is 12.3 Å². The van der Waals surface area contributed by atoms with E-state index in [1.807, 2.05) is 65.4 Å². The van der Waals surface area contributed by atoms with Gasteiger partial charge in [-0.2, -0.15) is 0 Å². The number of carbonyl (C=O) groups is 1. The zero-order chi connectivity index (χ0) is 22.7. The van der Waals surface area contributed by atoms with Crippen molar-refractivity contribution in [1.82, 2.24) is 0 Å². The van der Waals surface area contributed by atoms with Crippen LogP contribution in [0.15, 0.2) is 65.4 Å². The maximum Gasteiger partial charge on any atom is 0.349 e. The van der Waals surface area contributed by atoms with Crippen LogP contribution in [0.4, 0.5) is 0 Å². The van der Waals surface area contributed by atoms with Gasteiger partial charge in [0, 0.05) is 25.2 Å². The molecule has 1 N–H and O–H groups in total. The molecule has 3 aromatic rings. The molecule has 1 aromatic carbocycles. The predicted molar refractivity (Wildman–Crippen MR) is 137 cm³/mol. The third-order valence-electron chi connectivity index (χ3n) is 7.14. The minimum atomic E-state index is -1.73. The summed E-state index contributed by atoms with van der Waals surface area (Å²) in [7, 11) is 0. The second kappa shape index (κ2) is 10.6. The normalized spacial score (nSPS) is 23.8. The number of hydrogen-bond acceptors (Lipinski definition) is 6. The largest absolute Gasteiger partial charge is 0.493 e. The molecule has 0 saturated carbocycles. The van der Waals surface area contributed by atoms with E-state index in [0.717, 1.165) is 55.7 Å². The Kier molecular flexibility index (Phi) is 7.77. The Morgan fingerprint density at radius 3 is 2.24 bits per heavy atom. The summed E-state index contributed by atoms with van der Waals surface area (Å²) >= 11 is 2.77. The average molecular weight is 500 g/mol. The zero-order valence-corrected chi connectivity index (χ0v) is 21.2. The summed E-state index contributed by atoms with van der Waals surface area (Å²) in [5.41, 5.74) is -1.73. The van der Waals surface area contributed by atoms with Crippen LogP contribution in [0.1, 0.15) is 29.0 Å². The lowest BCUT2D eigenvalue weighted by atomic mass is 9.83. The van der Waals surface area contributed by atoms with Crippen molar-refractivity contribution in [3.05, 3.63) is 82.5 Å². The van der Waals surface area contributed by atoms with Crippen molar-refractivity contribution < 1.29 is 23.9 Å². The van der Waals surface area contributed by atoms with E-state index in [1.165, 1.54) is 22.7 Å². The number of carbonyl (C=O) groups excluding carboxylic acids is 1. The maximum atomic E-state index is 13.4. The SMILES string of the molecule is O=C(OC1C[N+]2(CCCOc3ccccc3)CCC1CC2)C(O)(c1cccs1)c1cccs1.[CH3-]. The highest BCUT2D eigenvalue weighted by molar-refractivity contribution is 7.12. The van der Waals surface area contributed by atoms with Crippen LogP contribution >= 0.6 is 22.7 Å². The van der Waals surface area contributed by atoms with Crippen LogP contribution in [0.3, 0.4) is 0 Å². The Labute approximate surface area is 210 Å². The first-order chi connectivity index (χ1) is 16.1. The molecule has 182 valence electrons. The quantitative estimate of drug-likeness (QED) is 0.192. The standard InChI is InChI=1S/C26H30NO4S2.CH3/c28-25(26(29,23-9-4-17-32-23)24-10-5-18-33-24)31-22-19-27(14-11-20(22)12-15-27)13-6-16-30-21-7-2-1-3-8-21;/h1-5,7-10,17-18,20,22,29H,6,11-16,19H2;1H3/q+1;-1. The summed E-state index contributed by atoms with van der Waals surface area (Å²) in [5.74, 6) is 0.741. The van der Waals surface area contributed by atoms with Crippen LogP contribution in [-0.2, 0) is 15.1 Å². The number of thiophene rings is 2. The Balaban J connectivity index is 0.00000274. The molecular formula is C27H33NO4S2. The van der Waals surface area contributed by atoms with Gasteiger partial charge in [-0.05, 0) is 35.0 Å². The lowest BCUT2D eigenvalue weighted by Crippen LogP contribution is -2.65. The number of rotatable bonds is 9. The van der Waals surface area contributed by atoms with Crippen LogP contribution in [0, 0.1) is 13.3 Å². The monoisotopic (exact) mass is 499 g/mol. The minimum absolute atomic E-state index is 0. The van der Waals surface area contributed by atoms with Gasteiger partial charge in [-0.3, -0.25) is 0 Å². The molecular weight excluding hydrogens is 466 g/mol. The lowest BCUT2D eigenvalue weighted by molar-refractivity contribution is -0.946. The van der Waals surface area contributed by atoms with E-state index in [4.69, 9.17) is 9.47 Å². The number of piperidine rings is 3. The molecule has 1 unspecified atom stereocenters. The molecule has 0 amide bonds. The van der Waals surface area contributed by atoms with E-state index in [9.17, 15) is 9.90 Å². The fourth-order valence-corrected chi connectivity index (χ4v) is 7.00. The molecule has 3 saturated heterocycles. The van der Waals surface area contributed by atoms with Gasteiger partial charge in [-0.25, -0.2) is 4.79 Å². The fraction of sp³-hybridized carbons (Fsp3) is 0.407. The van der Waals surface area contributed by atoms with Crippen molar-refractivity contribution in [3.63, 3.8) is 0 Å². The molecule has 6 rings (SSSR count). The number of hydrogen-bond donors (Lipinski definition) is 1. The molecule has 3 aliphatic heterocycles. The summed E-state index contributed by atoms with van der Waals surface area (Å²) in [6.45, 7) is 4.79. The fourth-order valence-electron chi connectivity index (χ4n) is 5.29. The van der Waals surface area contributed by atoms with Crippen molar-refractivity contribution >= 4 is 28.6 Å². The second-order valence-corrected chi connectivity index (χ2v) is 11.1. The zero-order valence-electron chi connectivity index (χ0n) is 19.6. The molecule has 0 spiro atoms. The first-order valence-corrected chi connectivity index (χ1v) is 13.4. The van der Waals surface area contributed by atoms with Crippen molar-refractivity contribution in [2.45, 2.75) is 31.0 Å². The molecule has 3 fully saturated rings. The molecule has 34 heavy (non-hydrogen) atoms. The van der Waals surface area contributed by atoms with Gasteiger partial charge in [0.25, 0.3) is 0 Å². The number of esters is 1. The highest BCUT2D eigenvalue weighted by atomic mass is 32.1. The summed E-state index contributed by atoms with van der Waals surface area (Å²) in [5, 5.41) is 15.3. The number of para-hydroxylation sites is 1. The molecule has 2 aromatic heterocycles. The summed E-state index contributed by atoms with van der Waals surface area (Å²) < 4.78 is 13.0. The van der Waals surface area contributed by atoms with E-state index < -0.39 is 11.6 Å². The Bertz CT molecular complexity index is 994. The van der Waals surface area contributed by atoms with E-state index in [0.29, 0.717) is 22.3 Å². The summed E-state index contributed by atoms with van der Waals surface area (Å²) in [6, 6.07) is 17.3. The smallest absolute Gasteiger partial charge is 0.349 e. The maximum absolute atomic E-state index is 13.4. The first-order valence-electron chi connectivity index (χ1n) is 11.6. The first kappa shape index (κ1) is 24.9. The third-order valence-corrected chi connectivity index (χ3v) is 9.10. The van der Waals surface area contributed by atoms with E-state index in [1.54, 1.807) is 0 Å². The van der Waals surface area contributed by atoms with Crippen LogP contribution in [0.5, 0.6) is 5.75 Å². The molecule has 7 heteroatoms. The van der Waals surface area contributed by atoms with E-state index in [2.05, 4.69) is 0 Å². The Morgan fingerprint density at radius 1 is 1.00 bits per heavy atom. The third kappa shape index (κ3) is 4.93. The number of nitrogens with zero attached hydrogens (tertiary/aromatic N) is 1. The van der Waals surface area contributed by atoms with Gasteiger partial charge in [0.15, 0.2) is 6.10 Å². The van der Waals surface area contributed by atoms with Gasteiger partial charge in [0.2, 0.25) is 5.60 Å². The molecule has 0 radical (unpaired) electrons. The molecule has 1 atom stereocenters. The van der Waals surface area contributed by atoms with Crippen LogP contribution in [0.2, 0.25) is 0 Å². The van der Waals surface area contributed by atoms with E-state index >= 15 is 0 Å². The molecule has 0 aliphatic carbocycles. The van der Waals surface area contributed by atoms with Gasteiger partial charge in [-0.1, -0.05) is 30.3 Å². The highest BCUT2D eigenvalue weighted by Crippen LogP contribution is 2.40. The summed E-state index contributed by atoms with van der Waals surface area (Å²) in [4.78, 5) is 14.7. The summed E-state index contributed by atoms with van der Waals surface area (Å²) in [6.07, 6.45) is 2.94. The van der Waals surface area contributed by atoms with Gasteiger partial charge in [-0.15, -0.1) is 22.7 Å². The van der Waals surface area contributed by atoms with Gasteiger partial charge < -0.3 is 26.5 Å². The van der Waals surface area contributed by atoms with Crippen molar-refractivity contribution in [1.29, 1.82) is 0 Å². The number of ether oxygens (including phenoxy) is 2. The molecule has 5 heterocycles.